The molecule has 7 nitrogen and oxygen atoms in total. The van der Waals surface area contributed by atoms with Crippen LogP contribution in [0, 0.1) is 20.8 Å². The molecule has 0 N–H and O–H groups in total. The fourth-order valence-corrected chi connectivity index (χ4v) is 4.22. The quantitative estimate of drug-likeness (QED) is 0.615. The van der Waals surface area contributed by atoms with Gasteiger partial charge in [0.15, 0.2) is 5.65 Å². The molecule has 7 heteroatoms. The first-order valence-corrected chi connectivity index (χ1v) is 10.6. The van der Waals surface area contributed by atoms with Crippen LogP contribution in [0.15, 0.2) is 12.3 Å². The van der Waals surface area contributed by atoms with Crippen molar-refractivity contribution in [3.05, 3.63) is 40.5 Å². The van der Waals surface area contributed by atoms with Crippen LogP contribution in [-0.4, -0.2) is 41.9 Å². The maximum Gasteiger partial charge on any atom is 0.244 e. The molecule has 0 spiro atoms. The third-order valence-corrected chi connectivity index (χ3v) is 6.06. The Kier molecular flexibility index (Phi) is 5.15. The van der Waals surface area contributed by atoms with Gasteiger partial charge in [0.1, 0.15) is 6.54 Å². The monoisotopic (exact) mass is 394 g/mol. The molecule has 1 aliphatic carbocycles. The number of carbonyl (C=O) groups is 1. The van der Waals surface area contributed by atoms with Gasteiger partial charge in [-0.1, -0.05) is 0 Å². The largest absolute Gasteiger partial charge is 0.337 e. The molecule has 154 valence electrons. The maximum absolute atomic E-state index is 13.1. The topological polar surface area (TPSA) is 68.8 Å². The van der Waals surface area contributed by atoms with Crippen molar-refractivity contribution in [1.29, 1.82) is 0 Å². The molecule has 4 rings (SSSR count). The molecule has 1 amide bonds. The van der Waals surface area contributed by atoms with E-state index in [-0.39, 0.29) is 12.5 Å². The third kappa shape index (κ3) is 3.54. The Balaban J connectivity index is 1.58. The van der Waals surface area contributed by atoms with E-state index in [0.717, 1.165) is 40.2 Å². The highest BCUT2D eigenvalue weighted by molar-refractivity contribution is 5.85. The lowest BCUT2D eigenvalue weighted by Crippen LogP contribution is -2.34. The minimum atomic E-state index is 0.0542. The Bertz CT molecular complexity index is 1060. The second-order valence-electron chi connectivity index (χ2n) is 7.99. The summed E-state index contributed by atoms with van der Waals surface area (Å²) in [5, 5.41) is 10.4. The van der Waals surface area contributed by atoms with E-state index in [1.807, 2.05) is 36.5 Å². The number of aryl methyl sites for hydroxylation is 3. The van der Waals surface area contributed by atoms with Crippen molar-refractivity contribution in [3.8, 4) is 0 Å². The number of nitrogens with zero attached hydrogens (tertiary/aromatic N) is 6. The molecule has 0 saturated heterocycles. The zero-order valence-corrected chi connectivity index (χ0v) is 18.1. The van der Waals surface area contributed by atoms with Crippen molar-refractivity contribution in [2.45, 2.75) is 73.0 Å². The first-order chi connectivity index (χ1) is 13.9. The van der Waals surface area contributed by atoms with Crippen molar-refractivity contribution in [2.24, 2.45) is 0 Å². The highest BCUT2D eigenvalue weighted by atomic mass is 16.2. The molecule has 29 heavy (non-hydrogen) atoms. The Labute approximate surface area is 171 Å². The Morgan fingerprint density at radius 2 is 1.86 bits per heavy atom. The molecule has 3 aromatic heterocycles. The fourth-order valence-electron chi connectivity index (χ4n) is 4.22. The van der Waals surface area contributed by atoms with Gasteiger partial charge in [-0.05, 0) is 65.0 Å². The molecular formula is C22H30N6O. The molecular weight excluding hydrogens is 364 g/mol. The van der Waals surface area contributed by atoms with Gasteiger partial charge in [0.05, 0.1) is 11.4 Å². The summed E-state index contributed by atoms with van der Waals surface area (Å²) in [6, 6.07) is 2.11. The van der Waals surface area contributed by atoms with Gasteiger partial charge in [-0.2, -0.15) is 10.2 Å². The van der Waals surface area contributed by atoms with Crippen molar-refractivity contribution >= 4 is 16.9 Å². The van der Waals surface area contributed by atoms with E-state index in [4.69, 9.17) is 0 Å². The first kappa shape index (κ1) is 19.6. The number of fused-ring (bicyclic) bond motifs is 1. The van der Waals surface area contributed by atoms with Gasteiger partial charge < -0.3 is 4.90 Å². The summed E-state index contributed by atoms with van der Waals surface area (Å²) in [7, 11) is 0. The van der Waals surface area contributed by atoms with E-state index in [0.29, 0.717) is 19.0 Å². The minimum Gasteiger partial charge on any atom is -0.337 e. The molecule has 1 fully saturated rings. The van der Waals surface area contributed by atoms with E-state index in [1.165, 1.54) is 18.4 Å². The average molecular weight is 395 g/mol. The van der Waals surface area contributed by atoms with E-state index in [1.54, 1.807) is 4.68 Å². The Morgan fingerprint density at radius 1 is 1.14 bits per heavy atom. The predicted molar refractivity (Wildman–Crippen MR) is 113 cm³/mol. The first-order valence-electron chi connectivity index (χ1n) is 10.6. The van der Waals surface area contributed by atoms with Crippen LogP contribution in [-0.2, 0) is 24.4 Å². The van der Waals surface area contributed by atoms with Crippen LogP contribution in [0.3, 0.4) is 0 Å². The highest BCUT2D eigenvalue weighted by Crippen LogP contribution is 2.43. The number of aromatic nitrogens is 5. The lowest BCUT2D eigenvalue weighted by Gasteiger charge is -2.21. The summed E-state index contributed by atoms with van der Waals surface area (Å²) in [6.45, 7) is 12.5. The van der Waals surface area contributed by atoms with Gasteiger partial charge in [-0.3, -0.25) is 9.48 Å². The molecule has 0 aliphatic heterocycles. The SMILES string of the molecule is CCN(Cc1c(C)nn(CC)c1C)C(=O)Cn1nc(C)c2c(C3CC3)ccnc21. The van der Waals surface area contributed by atoms with Crippen LogP contribution in [0.1, 0.15) is 60.8 Å². The van der Waals surface area contributed by atoms with Crippen molar-refractivity contribution in [1.82, 2.24) is 29.4 Å². The summed E-state index contributed by atoms with van der Waals surface area (Å²) in [4.78, 5) is 19.6. The van der Waals surface area contributed by atoms with E-state index >= 15 is 0 Å². The lowest BCUT2D eigenvalue weighted by molar-refractivity contribution is -0.132. The molecule has 3 heterocycles. The van der Waals surface area contributed by atoms with Crippen molar-refractivity contribution < 1.29 is 4.79 Å². The summed E-state index contributed by atoms with van der Waals surface area (Å²) in [5.74, 6) is 0.680. The molecule has 1 aliphatic rings. The molecule has 0 radical (unpaired) electrons. The normalized spacial score (nSPS) is 14.0. The van der Waals surface area contributed by atoms with Crippen LogP contribution < -0.4 is 0 Å². The third-order valence-electron chi connectivity index (χ3n) is 6.06. The second kappa shape index (κ2) is 7.61. The van der Waals surface area contributed by atoms with E-state index in [2.05, 4.69) is 35.1 Å². The number of hydrogen-bond acceptors (Lipinski definition) is 4. The number of hydrogen-bond donors (Lipinski definition) is 0. The number of rotatable bonds is 7. The Morgan fingerprint density at radius 3 is 2.48 bits per heavy atom. The average Bonchev–Trinajstić information content (AvgIpc) is 3.46. The summed E-state index contributed by atoms with van der Waals surface area (Å²) in [5.41, 5.74) is 6.37. The molecule has 0 bridgehead atoms. The van der Waals surface area contributed by atoms with Crippen LogP contribution in [0.2, 0.25) is 0 Å². The fraction of sp³-hybridized carbons (Fsp3) is 0.545. The molecule has 0 unspecified atom stereocenters. The van der Waals surface area contributed by atoms with Gasteiger partial charge in [0.25, 0.3) is 0 Å². The number of pyridine rings is 1. The standard InChI is InChI=1S/C22H30N6O/c1-6-26(12-19-14(3)24-27(7-2)16(19)5)20(29)13-28-22-21(15(4)25-28)18(10-11-23-22)17-8-9-17/h10-11,17H,6-9,12-13H2,1-5H3. The summed E-state index contributed by atoms with van der Waals surface area (Å²) >= 11 is 0. The van der Waals surface area contributed by atoms with Crippen LogP contribution in [0.25, 0.3) is 11.0 Å². The minimum absolute atomic E-state index is 0.0542. The van der Waals surface area contributed by atoms with Crippen molar-refractivity contribution in [2.75, 3.05) is 6.54 Å². The number of likely N-dealkylation sites (N-methyl/N-ethyl adjacent to an activating group) is 1. The predicted octanol–water partition coefficient (Wildman–Crippen LogP) is 3.50. The van der Waals surface area contributed by atoms with Crippen molar-refractivity contribution in [3.63, 3.8) is 0 Å². The zero-order chi connectivity index (χ0) is 20.7. The van der Waals surface area contributed by atoms with E-state index < -0.39 is 0 Å². The lowest BCUT2D eigenvalue weighted by atomic mass is 10.1. The number of amides is 1. The molecule has 0 aromatic carbocycles. The molecule has 1 saturated carbocycles. The van der Waals surface area contributed by atoms with Crippen LogP contribution >= 0.6 is 0 Å². The molecule has 0 atom stereocenters. The van der Waals surface area contributed by atoms with Gasteiger partial charge in [-0.15, -0.1) is 0 Å². The van der Waals surface area contributed by atoms with Gasteiger partial charge >= 0.3 is 0 Å². The zero-order valence-electron chi connectivity index (χ0n) is 18.1. The highest BCUT2D eigenvalue weighted by Gasteiger charge is 2.28. The van der Waals surface area contributed by atoms with E-state index in [9.17, 15) is 4.79 Å². The van der Waals surface area contributed by atoms with Gasteiger partial charge in [-0.25, -0.2) is 9.67 Å². The van der Waals surface area contributed by atoms with Gasteiger partial charge in [0.2, 0.25) is 5.91 Å². The maximum atomic E-state index is 13.1. The molecule has 3 aromatic rings. The second-order valence-corrected chi connectivity index (χ2v) is 7.99. The Hall–Kier alpha value is -2.70. The van der Waals surface area contributed by atoms with Crippen LogP contribution in [0.5, 0.6) is 0 Å². The number of carbonyl (C=O) groups excluding carboxylic acids is 1. The summed E-state index contributed by atoms with van der Waals surface area (Å²) in [6.07, 6.45) is 4.31. The van der Waals surface area contributed by atoms with Gasteiger partial charge in [0, 0.05) is 42.5 Å². The van der Waals surface area contributed by atoms with Crippen LogP contribution in [0.4, 0.5) is 0 Å². The summed E-state index contributed by atoms with van der Waals surface area (Å²) < 4.78 is 3.77. The smallest absolute Gasteiger partial charge is 0.244 e.